The molecule has 1 aliphatic heterocycles. The molecule has 0 radical (unpaired) electrons. The average Bonchev–Trinajstić information content (AvgIpc) is 3.29. The summed E-state index contributed by atoms with van der Waals surface area (Å²) in [4.78, 5) is 27.0. The minimum absolute atomic E-state index is 0.0129. The Labute approximate surface area is 157 Å². The number of piperidine rings is 1. The topological polar surface area (TPSA) is 62.6 Å². The van der Waals surface area contributed by atoms with Crippen molar-refractivity contribution >= 4 is 23.4 Å². The number of carbonyl (C=O) groups excluding carboxylic acids is 2. The maximum atomic E-state index is 12.9. The largest absolute Gasteiger partial charge is 0.472 e. The van der Waals surface area contributed by atoms with Crippen molar-refractivity contribution in [1.82, 2.24) is 10.2 Å². The number of halogens is 1. The van der Waals surface area contributed by atoms with Gasteiger partial charge in [0, 0.05) is 24.2 Å². The molecule has 0 bridgehead atoms. The number of hydrogen-bond donors (Lipinski definition) is 1. The van der Waals surface area contributed by atoms with Crippen molar-refractivity contribution in [2.24, 2.45) is 0 Å². The van der Waals surface area contributed by atoms with E-state index in [4.69, 9.17) is 16.0 Å². The van der Waals surface area contributed by atoms with Crippen LogP contribution in [0.15, 0.2) is 47.3 Å². The van der Waals surface area contributed by atoms with Gasteiger partial charge in [-0.05, 0) is 49.4 Å². The molecule has 136 valence electrons. The van der Waals surface area contributed by atoms with E-state index >= 15 is 0 Å². The monoisotopic (exact) mass is 372 g/mol. The van der Waals surface area contributed by atoms with Crippen LogP contribution in [-0.2, 0) is 10.2 Å². The number of amides is 2. The highest BCUT2D eigenvalue weighted by Gasteiger charge is 2.51. The van der Waals surface area contributed by atoms with Gasteiger partial charge in [-0.25, -0.2) is 0 Å². The van der Waals surface area contributed by atoms with Crippen LogP contribution in [-0.4, -0.2) is 35.8 Å². The second kappa shape index (κ2) is 6.80. The van der Waals surface area contributed by atoms with Crippen LogP contribution in [0.2, 0.25) is 5.02 Å². The van der Waals surface area contributed by atoms with E-state index in [2.05, 4.69) is 5.32 Å². The van der Waals surface area contributed by atoms with Gasteiger partial charge in [0.1, 0.15) is 6.26 Å². The Morgan fingerprint density at radius 1 is 1.19 bits per heavy atom. The van der Waals surface area contributed by atoms with Gasteiger partial charge in [-0.3, -0.25) is 9.59 Å². The van der Waals surface area contributed by atoms with E-state index < -0.39 is 5.41 Å². The number of nitrogens with one attached hydrogen (secondary N) is 1. The molecule has 2 aliphatic rings. The van der Waals surface area contributed by atoms with Crippen LogP contribution in [0.4, 0.5) is 0 Å². The third kappa shape index (κ3) is 3.23. The number of furan rings is 1. The molecule has 5 nitrogen and oxygen atoms in total. The van der Waals surface area contributed by atoms with E-state index in [0.29, 0.717) is 23.7 Å². The quantitative estimate of drug-likeness (QED) is 0.894. The summed E-state index contributed by atoms with van der Waals surface area (Å²) in [6.45, 7) is 1.28. The molecule has 2 amide bonds. The van der Waals surface area contributed by atoms with Crippen molar-refractivity contribution in [3.05, 3.63) is 59.0 Å². The highest BCUT2D eigenvalue weighted by molar-refractivity contribution is 6.30. The van der Waals surface area contributed by atoms with Crippen LogP contribution in [0.3, 0.4) is 0 Å². The van der Waals surface area contributed by atoms with Gasteiger partial charge in [0.05, 0.1) is 17.2 Å². The maximum absolute atomic E-state index is 12.9. The third-order valence-electron chi connectivity index (χ3n) is 5.45. The molecule has 2 heterocycles. The van der Waals surface area contributed by atoms with Gasteiger partial charge in [-0.1, -0.05) is 23.7 Å². The summed E-state index contributed by atoms with van der Waals surface area (Å²) in [5.41, 5.74) is 1.15. The number of likely N-dealkylation sites (tertiary alicyclic amines) is 1. The molecular formula is C20H21ClN2O3. The van der Waals surface area contributed by atoms with Crippen LogP contribution < -0.4 is 5.32 Å². The number of rotatable bonds is 4. The first kappa shape index (κ1) is 17.2. The second-order valence-corrected chi connectivity index (χ2v) is 7.58. The molecule has 1 saturated heterocycles. The summed E-state index contributed by atoms with van der Waals surface area (Å²) in [5.74, 6) is 0.0699. The summed E-state index contributed by atoms with van der Waals surface area (Å²) in [5, 5.41) is 3.86. The van der Waals surface area contributed by atoms with E-state index in [9.17, 15) is 9.59 Å². The zero-order valence-corrected chi connectivity index (χ0v) is 15.2. The number of benzene rings is 1. The van der Waals surface area contributed by atoms with Gasteiger partial charge in [0.25, 0.3) is 5.91 Å². The fourth-order valence-electron chi connectivity index (χ4n) is 3.68. The molecule has 1 aliphatic carbocycles. The molecular weight excluding hydrogens is 352 g/mol. The van der Waals surface area contributed by atoms with Gasteiger partial charge < -0.3 is 14.6 Å². The molecule has 2 fully saturated rings. The summed E-state index contributed by atoms with van der Waals surface area (Å²) in [6, 6.07) is 9.37. The zero-order chi connectivity index (χ0) is 18.1. The Kier molecular flexibility index (Phi) is 4.49. The van der Waals surface area contributed by atoms with Crippen LogP contribution in [0.5, 0.6) is 0 Å². The van der Waals surface area contributed by atoms with Crippen molar-refractivity contribution < 1.29 is 14.0 Å². The van der Waals surface area contributed by atoms with Crippen molar-refractivity contribution in [3.8, 4) is 0 Å². The standard InChI is InChI=1S/C20H21ClN2O3/c21-16-3-1-2-15(12-16)20(7-8-20)19(25)22-17-4-9-23(10-5-17)18(24)14-6-11-26-13-14/h1-3,6,11-13,17H,4-5,7-10H2,(H,22,25). The van der Waals surface area contributed by atoms with Gasteiger partial charge in [0.2, 0.25) is 5.91 Å². The first-order valence-corrected chi connectivity index (χ1v) is 9.35. The van der Waals surface area contributed by atoms with E-state index in [1.54, 1.807) is 6.07 Å². The Balaban J connectivity index is 1.34. The van der Waals surface area contributed by atoms with Crippen molar-refractivity contribution in [2.75, 3.05) is 13.1 Å². The molecule has 4 rings (SSSR count). The Morgan fingerprint density at radius 3 is 2.58 bits per heavy atom. The molecule has 0 unspecified atom stereocenters. The molecule has 1 aromatic heterocycles. The number of nitrogens with zero attached hydrogens (tertiary/aromatic N) is 1. The first-order valence-electron chi connectivity index (χ1n) is 8.97. The summed E-state index contributed by atoms with van der Waals surface area (Å²) >= 11 is 6.09. The Bertz CT molecular complexity index is 806. The molecule has 0 spiro atoms. The van der Waals surface area contributed by atoms with E-state index in [0.717, 1.165) is 31.2 Å². The van der Waals surface area contributed by atoms with Crippen LogP contribution in [0.25, 0.3) is 0 Å². The summed E-state index contributed by atoms with van der Waals surface area (Å²) < 4.78 is 4.98. The molecule has 2 aromatic rings. The molecule has 1 saturated carbocycles. The molecule has 1 N–H and O–H groups in total. The van der Waals surface area contributed by atoms with Gasteiger partial charge in [-0.15, -0.1) is 0 Å². The lowest BCUT2D eigenvalue weighted by Gasteiger charge is -2.33. The van der Waals surface area contributed by atoms with E-state index in [-0.39, 0.29) is 17.9 Å². The predicted octanol–water partition coefficient (Wildman–Crippen LogP) is 3.39. The normalized spacial score (nSPS) is 19.2. The number of hydrogen-bond acceptors (Lipinski definition) is 3. The molecule has 26 heavy (non-hydrogen) atoms. The zero-order valence-electron chi connectivity index (χ0n) is 14.4. The maximum Gasteiger partial charge on any atom is 0.257 e. The van der Waals surface area contributed by atoms with Crippen LogP contribution >= 0.6 is 11.6 Å². The molecule has 0 atom stereocenters. The first-order chi connectivity index (χ1) is 12.6. The predicted molar refractivity (Wildman–Crippen MR) is 98.1 cm³/mol. The SMILES string of the molecule is O=C(c1ccoc1)N1CCC(NC(=O)C2(c3cccc(Cl)c3)CC2)CC1. The lowest BCUT2D eigenvalue weighted by Crippen LogP contribution is -2.48. The highest BCUT2D eigenvalue weighted by Crippen LogP contribution is 2.49. The average molecular weight is 373 g/mol. The Hall–Kier alpha value is -2.27. The fraction of sp³-hybridized carbons (Fsp3) is 0.400. The number of carbonyl (C=O) groups is 2. The lowest BCUT2D eigenvalue weighted by atomic mass is 9.93. The third-order valence-corrected chi connectivity index (χ3v) is 5.68. The highest BCUT2D eigenvalue weighted by atomic mass is 35.5. The lowest BCUT2D eigenvalue weighted by molar-refractivity contribution is -0.124. The second-order valence-electron chi connectivity index (χ2n) is 7.14. The minimum Gasteiger partial charge on any atom is -0.472 e. The van der Waals surface area contributed by atoms with Crippen molar-refractivity contribution in [3.63, 3.8) is 0 Å². The van der Waals surface area contributed by atoms with Crippen molar-refractivity contribution in [2.45, 2.75) is 37.1 Å². The smallest absolute Gasteiger partial charge is 0.257 e. The molecule has 6 heteroatoms. The van der Waals surface area contributed by atoms with Gasteiger partial charge in [-0.2, -0.15) is 0 Å². The van der Waals surface area contributed by atoms with Crippen LogP contribution in [0.1, 0.15) is 41.6 Å². The Morgan fingerprint density at radius 2 is 1.96 bits per heavy atom. The molecule has 1 aromatic carbocycles. The van der Waals surface area contributed by atoms with Gasteiger partial charge >= 0.3 is 0 Å². The van der Waals surface area contributed by atoms with Gasteiger partial charge in [0.15, 0.2) is 0 Å². The summed E-state index contributed by atoms with van der Waals surface area (Å²) in [6.07, 6.45) is 6.22. The minimum atomic E-state index is -0.422. The summed E-state index contributed by atoms with van der Waals surface area (Å²) in [7, 11) is 0. The van der Waals surface area contributed by atoms with E-state index in [1.165, 1.54) is 12.5 Å². The fourth-order valence-corrected chi connectivity index (χ4v) is 3.87. The van der Waals surface area contributed by atoms with Crippen molar-refractivity contribution in [1.29, 1.82) is 0 Å². The van der Waals surface area contributed by atoms with Crippen LogP contribution in [0, 0.1) is 0 Å². The van der Waals surface area contributed by atoms with E-state index in [1.807, 2.05) is 29.2 Å².